The van der Waals surface area contributed by atoms with Gasteiger partial charge in [0.05, 0.1) is 5.56 Å². The van der Waals surface area contributed by atoms with Gasteiger partial charge in [0.1, 0.15) is 11.9 Å². The number of anilines is 1. The van der Waals surface area contributed by atoms with Crippen LogP contribution in [-0.4, -0.2) is 9.97 Å². The van der Waals surface area contributed by atoms with Crippen LogP contribution in [-0.2, 0) is 19.4 Å². The number of hydrogen-bond donors (Lipinski definition) is 1. The fourth-order valence-electron chi connectivity index (χ4n) is 2.95. The Kier molecular flexibility index (Phi) is 3.83. The Morgan fingerprint density at radius 3 is 2.62 bits per heavy atom. The molecule has 106 valence electrons. The van der Waals surface area contributed by atoms with E-state index in [1.54, 1.807) is 12.4 Å². The van der Waals surface area contributed by atoms with Gasteiger partial charge in [-0.2, -0.15) is 5.26 Å². The van der Waals surface area contributed by atoms with Crippen LogP contribution in [0.2, 0.25) is 0 Å². The van der Waals surface area contributed by atoms with Crippen LogP contribution in [0.25, 0.3) is 0 Å². The zero-order valence-corrected chi connectivity index (χ0v) is 12.2. The summed E-state index contributed by atoms with van der Waals surface area (Å²) in [5.74, 6) is 0.715. The Hall–Kier alpha value is -2.41. The van der Waals surface area contributed by atoms with Crippen LogP contribution < -0.4 is 5.32 Å². The molecule has 1 N–H and O–H groups in total. The maximum Gasteiger partial charge on any atom is 0.144 e. The van der Waals surface area contributed by atoms with E-state index in [0.29, 0.717) is 12.4 Å². The van der Waals surface area contributed by atoms with E-state index in [4.69, 9.17) is 0 Å². The Labute approximate surface area is 124 Å². The average Bonchev–Trinajstić information content (AvgIpc) is 2.54. The van der Waals surface area contributed by atoms with Gasteiger partial charge in [-0.05, 0) is 61.4 Å². The number of fused-ring (bicyclic) bond motifs is 1. The van der Waals surface area contributed by atoms with Crippen molar-refractivity contribution in [3.05, 3.63) is 52.5 Å². The van der Waals surface area contributed by atoms with Crippen molar-refractivity contribution in [2.24, 2.45) is 0 Å². The highest BCUT2D eigenvalue weighted by molar-refractivity contribution is 5.60. The third-order valence-electron chi connectivity index (χ3n) is 4.04. The van der Waals surface area contributed by atoms with Crippen LogP contribution in [0.15, 0.2) is 24.5 Å². The predicted molar refractivity (Wildman–Crippen MR) is 81.9 cm³/mol. The number of hydrogen-bond acceptors (Lipinski definition) is 4. The molecule has 0 fully saturated rings. The Morgan fingerprint density at radius 1 is 1.19 bits per heavy atom. The lowest BCUT2D eigenvalue weighted by molar-refractivity contribution is 0.675. The molecule has 0 saturated carbocycles. The molecule has 3 rings (SSSR count). The van der Waals surface area contributed by atoms with Gasteiger partial charge in [0, 0.05) is 24.6 Å². The minimum atomic E-state index is 0.655. The second kappa shape index (κ2) is 5.92. The Balaban J connectivity index is 1.92. The third kappa shape index (κ3) is 2.73. The number of aryl methyl sites for hydroxylation is 1. The minimum Gasteiger partial charge on any atom is -0.365 e. The zero-order chi connectivity index (χ0) is 14.7. The smallest absolute Gasteiger partial charge is 0.144 e. The highest BCUT2D eigenvalue weighted by atomic mass is 15.0. The number of aromatic nitrogens is 2. The fourth-order valence-corrected chi connectivity index (χ4v) is 2.95. The highest BCUT2D eigenvalue weighted by Crippen LogP contribution is 2.30. The van der Waals surface area contributed by atoms with Crippen molar-refractivity contribution >= 4 is 5.82 Å². The van der Waals surface area contributed by atoms with E-state index in [1.165, 1.54) is 17.5 Å². The molecule has 0 aliphatic heterocycles. The topological polar surface area (TPSA) is 61.6 Å². The van der Waals surface area contributed by atoms with Gasteiger partial charge in [0.15, 0.2) is 0 Å². The summed E-state index contributed by atoms with van der Waals surface area (Å²) in [6, 6.07) is 6.28. The van der Waals surface area contributed by atoms with Gasteiger partial charge in [-0.3, -0.25) is 4.98 Å². The number of nitriles is 1. The molecule has 0 radical (unpaired) electrons. The number of rotatable bonds is 3. The van der Waals surface area contributed by atoms with Gasteiger partial charge in [-0.1, -0.05) is 0 Å². The summed E-state index contributed by atoms with van der Waals surface area (Å²) < 4.78 is 0. The van der Waals surface area contributed by atoms with E-state index in [9.17, 15) is 5.26 Å². The average molecular weight is 278 g/mol. The molecule has 0 bridgehead atoms. The molecule has 4 nitrogen and oxygen atoms in total. The first kappa shape index (κ1) is 13.6. The van der Waals surface area contributed by atoms with Crippen LogP contribution in [0.5, 0.6) is 0 Å². The molecule has 2 aromatic rings. The summed E-state index contributed by atoms with van der Waals surface area (Å²) in [5.41, 5.74) is 5.40. The molecule has 0 unspecified atom stereocenters. The molecule has 1 aliphatic rings. The first-order valence-corrected chi connectivity index (χ1v) is 7.35. The van der Waals surface area contributed by atoms with Gasteiger partial charge >= 0.3 is 0 Å². The Morgan fingerprint density at radius 2 is 1.90 bits per heavy atom. The van der Waals surface area contributed by atoms with Gasteiger partial charge < -0.3 is 5.32 Å². The lowest BCUT2D eigenvalue weighted by Gasteiger charge is -2.21. The van der Waals surface area contributed by atoms with Gasteiger partial charge in [0.2, 0.25) is 0 Å². The quantitative estimate of drug-likeness (QED) is 0.937. The summed E-state index contributed by atoms with van der Waals surface area (Å²) >= 11 is 0. The second-order valence-electron chi connectivity index (χ2n) is 5.41. The molecule has 2 aromatic heterocycles. The molecule has 0 atom stereocenters. The summed E-state index contributed by atoms with van der Waals surface area (Å²) in [7, 11) is 0. The van der Waals surface area contributed by atoms with Crippen LogP contribution in [0.1, 0.15) is 40.8 Å². The molecule has 0 amide bonds. The van der Waals surface area contributed by atoms with E-state index >= 15 is 0 Å². The SMILES string of the molecule is Cc1nc(NCc2ccncc2)c(C#N)c2c1CCCC2. The van der Waals surface area contributed by atoms with E-state index in [2.05, 4.69) is 21.4 Å². The summed E-state index contributed by atoms with van der Waals surface area (Å²) in [5, 5.41) is 12.8. The van der Waals surface area contributed by atoms with E-state index in [0.717, 1.165) is 36.1 Å². The van der Waals surface area contributed by atoms with Gasteiger partial charge in [0.25, 0.3) is 0 Å². The van der Waals surface area contributed by atoms with E-state index < -0.39 is 0 Å². The molecule has 4 heteroatoms. The van der Waals surface area contributed by atoms with Crippen molar-refractivity contribution in [2.75, 3.05) is 5.32 Å². The van der Waals surface area contributed by atoms with Crippen molar-refractivity contribution in [3.8, 4) is 6.07 Å². The fraction of sp³-hybridized carbons (Fsp3) is 0.353. The van der Waals surface area contributed by atoms with Crippen molar-refractivity contribution in [1.82, 2.24) is 9.97 Å². The normalized spacial score (nSPS) is 13.3. The predicted octanol–water partition coefficient (Wildman–Crippen LogP) is 3.15. The summed E-state index contributed by atoms with van der Waals surface area (Å²) in [4.78, 5) is 8.63. The van der Waals surface area contributed by atoms with Crippen LogP contribution in [0.4, 0.5) is 5.82 Å². The monoisotopic (exact) mass is 278 g/mol. The summed E-state index contributed by atoms with van der Waals surface area (Å²) in [6.45, 7) is 2.70. The first-order chi connectivity index (χ1) is 10.3. The van der Waals surface area contributed by atoms with Crippen LogP contribution in [0.3, 0.4) is 0 Å². The van der Waals surface area contributed by atoms with Crippen molar-refractivity contribution in [3.63, 3.8) is 0 Å². The standard InChI is InChI=1S/C17H18N4/c1-12-14-4-2-3-5-15(14)16(10-18)17(21-12)20-11-13-6-8-19-9-7-13/h6-9H,2-5,11H2,1H3,(H,20,21). The van der Waals surface area contributed by atoms with Gasteiger partial charge in [-0.25, -0.2) is 4.98 Å². The number of nitrogens with one attached hydrogen (secondary N) is 1. The van der Waals surface area contributed by atoms with E-state index in [-0.39, 0.29) is 0 Å². The molecule has 1 aliphatic carbocycles. The van der Waals surface area contributed by atoms with Crippen molar-refractivity contribution in [2.45, 2.75) is 39.2 Å². The molecule has 21 heavy (non-hydrogen) atoms. The second-order valence-corrected chi connectivity index (χ2v) is 5.41. The van der Waals surface area contributed by atoms with Crippen LogP contribution >= 0.6 is 0 Å². The number of nitrogens with zero attached hydrogens (tertiary/aromatic N) is 3. The molecular weight excluding hydrogens is 260 g/mol. The van der Waals surface area contributed by atoms with E-state index in [1.807, 2.05) is 19.1 Å². The van der Waals surface area contributed by atoms with Gasteiger partial charge in [-0.15, -0.1) is 0 Å². The molecule has 0 saturated heterocycles. The summed E-state index contributed by atoms with van der Waals surface area (Å²) in [6.07, 6.45) is 7.94. The Bertz CT molecular complexity index is 686. The van der Waals surface area contributed by atoms with Crippen molar-refractivity contribution in [1.29, 1.82) is 5.26 Å². The lowest BCUT2D eigenvalue weighted by atomic mass is 9.88. The molecular formula is C17H18N4. The number of pyridine rings is 2. The maximum atomic E-state index is 9.52. The molecule has 0 spiro atoms. The third-order valence-corrected chi connectivity index (χ3v) is 4.04. The zero-order valence-electron chi connectivity index (χ0n) is 12.2. The lowest BCUT2D eigenvalue weighted by Crippen LogP contribution is -2.13. The largest absolute Gasteiger partial charge is 0.365 e. The first-order valence-electron chi connectivity index (χ1n) is 7.35. The van der Waals surface area contributed by atoms with Crippen LogP contribution in [0, 0.1) is 18.3 Å². The van der Waals surface area contributed by atoms with Crippen molar-refractivity contribution < 1.29 is 0 Å². The highest BCUT2D eigenvalue weighted by Gasteiger charge is 2.20. The molecule has 0 aromatic carbocycles. The maximum absolute atomic E-state index is 9.52. The minimum absolute atomic E-state index is 0.655. The molecule has 2 heterocycles.